The first-order chi connectivity index (χ1) is 33.2. The lowest BCUT2D eigenvalue weighted by atomic mass is 9.95. The van der Waals surface area contributed by atoms with Crippen molar-refractivity contribution in [2.45, 2.75) is 0 Å². The van der Waals surface area contributed by atoms with E-state index in [2.05, 4.69) is 190 Å². The third-order valence-electron chi connectivity index (χ3n) is 13.3. The van der Waals surface area contributed by atoms with Crippen LogP contribution in [-0.2, 0) is 0 Å². The lowest BCUT2D eigenvalue weighted by molar-refractivity contribution is 0.477. The second kappa shape index (κ2) is 14.7. The Hall–Kier alpha value is -9.07. The molecule has 1 aliphatic rings. The number of hydrogen-bond acceptors (Lipinski definition) is 6. The number of para-hydroxylation sites is 5. The molecule has 0 saturated carbocycles. The molecule has 4 aromatic heterocycles. The highest BCUT2D eigenvalue weighted by Gasteiger charge is 2.32. The second-order valence-corrected chi connectivity index (χ2v) is 17.1. The van der Waals surface area contributed by atoms with Crippen LogP contribution in [0.1, 0.15) is 0 Å². The predicted molar refractivity (Wildman–Crippen MR) is 273 cm³/mol. The van der Waals surface area contributed by atoms with Crippen molar-refractivity contribution >= 4 is 88.4 Å². The van der Waals surface area contributed by atoms with Crippen molar-refractivity contribution in [3.8, 4) is 39.6 Å². The topological polar surface area (TPSA) is 59.8 Å². The molecule has 0 aliphatic carbocycles. The van der Waals surface area contributed by atoms with Gasteiger partial charge < -0.3 is 23.4 Å². The molecule has 0 fully saturated rings. The van der Waals surface area contributed by atoms with Gasteiger partial charge in [-0.1, -0.05) is 133 Å². The zero-order valence-corrected chi connectivity index (χ0v) is 36.0. The fraction of sp³-hybridized carbons (Fsp3) is 0.0167. The highest BCUT2D eigenvalue weighted by atomic mass is 16.5. The van der Waals surface area contributed by atoms with Crippen LogP contribution in [0.2, 0.25) is 0 Å². The van der Waals surface area contributed by atoms with Gasteiger partial charge in [-0.25, -0.2) is 4.98 Å². The number of anilines is 4. The molecule has 14 rings (SSSR count). The van der Waals surface area contributed by atoms with Crippen molar-refractivity contribution in [3.63, 3.8) is 0 Å². The van der Waals surface area contributed by atoms with Crippen LogP contribution in [0.4, 0.5) is 22.7 Å². The highest BCUT2D eigenvalue weighted by molar-refractivity contribution is 6.17. The number of furan rings is 2. The molecule has 5 heterocycles. The average molecular weight is 863 g/mol. The van der Waals surface area contributed by atoms with Crippen LogP contribution in [0.5, 0.6) is 11.5 Å². The Balaban J connectivity index is 0.975. The van der Waals surface area contributed by atoms with Gasteiger partial charge in [0.25, 0.3) is 0 Å². The molecule has 7 nitrogen and oxygen atoms in total. The second-order valence-electron chi connectivity index (χ2n) is 17.1. The van der Waals surface area contributed by atoms with E-state index < -0.39 is 0 Å². The minimum Gasteiger partial charge on any atom is -0.456 e. The van der Waals surface area contributed by atoms with Crippen molar-refractivity contribution in [2.75, 3.05) is 16.5 Å². The van der Waals surface area contributed by atoms with Crippen molar-refractivity contribution in [1.82, 2.24) is 9.55 Å². The summed E-state index contributed by atoms with van der Waals surface area (Å²) in [6, 6.07) is 74.3. The van der Waals surface area contributed by atoms with E-state index in [0.717, 1.165) is 111 Å². The first-order valence-corrected chi connectivity index (χ1v) is 22.5. The average Bonchev–Trinajstić information content (AvgIpc) is 4.15. The van der Waals surface area contributed by atoms with Gasteiger partial charge in [0.15, 0.2) is 11.3 Å². The van der Waals surface area contributed by atoms with Crippen LogP contribution >= 0.6 is 0 Å². The molecule has 0 amide bonds. The molecule has 0 atom stereocenters. The number of hydrogen-bond donors (Lipinski definition) is 0. The maximum absolute atomic E-state index is 7.13. The number of ether oxygens (including phenoxy) is 1. The van der Waals surface area contributed by atoms with E-state index in [4.69, 9.17) is 18.6 Å². The first-order valence-electron chi connectivity index (χ1n) is 22.5. The molecule has 67 heavy (non-hydrogen) atoms. The van der Waals surface area contributed by atoms with Gasteiger partial charge in [0.2, 0.25) is 0 Å². The molecular weight excluding hydrogens is 825 g/mol. The van der Waals surface area contributed by atoms with Gasteiger partial charge in [-0.15, -0.1) is 0 Å². The number of rotatable bonds is 7. The molecule has 0 N–H and O–H groups in total. The summed E-state index contributed by atoms with van der Waals surface area (Å²) in [5.74, 6) is 2.13. The van der Waals surface area contributed by atoms with Gasteiger partial charge in [-0.3, -0.25) is 4.57 Å². The van der Waals surface area contributed by atoms with Gasteiger partial charge in [0, 0.05) is 73.5 Å². The number of fused-ring (bicyclic) bond motifs is 10. The van der Waals surface area contributed by atoms with Crippen molar-refractivity contribution in [2.24, 2.45) is 0 Å². The van der Waals surface area contributed by atoms with E-state index in [1.54, 1.807) is 0 Å². The smallest absolute Gasteiger partial charge is 0.178 e. The van der Waals surface area contributed by atoms with E-state index in [0.29, 0.717) is 23.8 Å². The zero-order chi connectivity index (χ0) is 44.0. The van der Waals surface area contributed by atoms with E-state index in [9.17, 15) is 0 Å². The summed E-state index contributed by atoms with van der Waals surface area (Å²) in [4.78, 5) is 9.63. The monoisotopic (exact) mass is 862 g/mol. The van der Waals surface area contributed by atoms with Crippen molar-refractivity contribution in [1.29, 1.82) is 0 Å². The van der Waals surface area contributed by atoms with Crippen LogP contribution in [0.15, 0.2) is 227 Å². The van der Waals surface area contributed by atoms with E-state index in [1.807, 2.05) is 42.6 Å². The molecule has 0 saturated heterocycles. The Kier molecular flexibility index (Phi) is 8.21. The molecule has 0 radical (unpaired) electrons. The summed E-state index contributed by atoms with van der Waals surface area (Å²) in [6.07, 6.45) is 1.83. The zero-order valence-electron chi connectivity index (χ0n) is 36.0. The minimum absolute atomic E-state index is 0.552. The Labute approximate surface area is 384 Å². The summed E-state index contributed by atoms with van der Waals surface area (Å²) in [6.45, 7) is 0.552. The Bertz CT molecular complexity index is 4000. The van der Waals surface area contributed by atoms with Crippen LogP contribution in [0.3, 0.4) is 0 Å². The summed E-state index contributed by atoms with van der Waals surface area (Å²) < 4.78 is 22.6. The number of benzene rings is 9. The largest absolute Gasteiger partial charge is 0.456 e. The quantitative estimate of drug-likeness (QED) is 0.159. The SMILES string of the molecule is c1ccc(-c2cccc(-c3ccccc3)c2N2CN(c3cc(Oc4ccc5c6ccccc6n(-c6ccccn6)c5c4)c4oc5cc6oc7ccccc7c6cc5c4c3)c3ccccc32)cc1. The number of pyridine rings is 1. The Morgan fingerprint density at radius 1 is 0.433 bits per heavy atom. The van der Waals surface area contributed by atoms with Crippen LogP contribution in [0.25, 0.3) is 93.8 Å². The van der Waals surface area contributed by atoms with Crippen molar-refractivity contribution in [3.05, 3.63) is 219 Å². The molecule has 316 valence electrons. The standard InChI is InChI=1S/C60H38N4O3/c1-3-16-38(17-4-1)42-22-15-23-43(39-18-5-2-6-19-39)59(42)63-37-62(51-25-10-11-26-52(51)63)40-32-49-48-35-47-46-21-8-12-27-54(46)66-55(47)36-56(48)67-60(49)57(33-40)65-41-29-30-45-44-20-7-9-24-50(44)64(53(45)34-41)58-28-13-14-31-61-58/h1-36H,37H2. The molecular formula is C60H38N4O3. The summed E-state index contributed by atoms with van der Waals surface area (Å²) in [5.41, 5.74) is 14.0. The molecule has 0 spiro atoms. The molecule has 0 unspecified atom stereocenters. The van der Waals surface area contributed by atoms with Gasteiger partial charge in [0.05, 0.1) is 28.1 Å². The maximum Gasteiger partial charge on any atom is 0.178 e. The number of aromatic nitrogens is 2. The lowest BCUT2D eigenvalue weighted by Crippen LogP contribution is -2.25. The normalized spacial score (nSPS) is 12.7. The summed E-state index contributed by atoms with van der Waals surface area (Å²) >= 11 is 0. The fourth-order valence-corrected chi connectivity index (χ4v) is 10.3. The fourth-order valence-electron chi connectivity index (χ4n) is 10.3. The molecule has 0 bridgehead atoms. The third-order valence-corrected chi connectivity index (χ3v) is 13.3. The molecule has 9 aromatic carbocycles. The van der Waals surface area contributed by atoms with E-state index in [-0.39, 0.29) is 0 Å². The molecule has 13 aromatic rings. The Morgan fingerprint density at radius 3 is 1.87 bits per heavy atom. The maximum atomic E-state index is 7.13. The Morgan fingerprint density at radius 2 is 1.09 bits per heavy atom. The van der Waals surface area contributed by atoms with E-state index in [1.165, 1.54) is 0 Å². The minimum atomic E-state index is 0.552. The van der Waals surface area contributed by atoms with Crippen LogP contribution in [0, 0.1) is 0 Å². The van der Waals surface area contributed by atoms with Gasteiger partial charge in [-0.2, -0.15) is 0 Å². The van der Waals surface area contributed by atoms with Crippen LogP contribution in [-0.4, -0.2) is 16.2 Å². The van der Waals surface area contributed by atoms with Crippen LogP contribution < -0.4 is 14.5 Å². The lowest BCUT2D eigenvalue weighted by Gasteiger charge is -2.27. The summed E-state index contributed by atoms with van der Waals surface area (Å²) in [5, 5.41) is 6.30. The van der Waals surface area contributed by atoms with Gasteiger partial charge >= 0.3 is 0 Å². The number of nitrogens with zero attached hydrogens (tertiary/aromatic N) is 4. The highest BCUT2D eigenvalue weighted by Crippen LogP contribution is 2.52. The van der Waals surface area contributed by atoms with Gasteiger partial charge in [-0.05, 0) is 71.8 Å². The predicted octanol–water partition coefficient (Wildman–Crippen LogP) is 16.4. The van der Waals surface area contributed by atoms with Crippen molar-refractivity contribution < 1.29 is 13.6 Å². The summed E-state index contributed by atoms with van der Waals surface area (Å²) in [7, 11) is 0. The molecule has 1 aliphatic heterocycles. The first kappa shape index (κ1) is 37.3. The van der Waals surface area contributed by atoms with Gasteiger partial charge in [0.1, 0.15) is 35.0 Å². The van der Waals surface area contributed by atoms with E-state index >= 15 is 0 Å². The molecule has 7 heteroatoms. The third kappa shape index (κ3) is 5.88.